The fourth-order valence-electron chi connectivity index (χ4n) is 2.70. The van der Waals surface area contributed by atoms with Crippen LogP contribution in [0.15, 0.2) is 34.1 Å². The van der Waals surface area contributed by atoms with Crippen molar-refractivity contribution in [3.05, 3.63) is 56.9 Å². The van der Waals surface area contributed by atoms with Crippen molar-refractivity contribution >= 4 is 17.9 Å². The summed E-state index contributed by atoms with van der Waals surface area (Å²) in [5.41, 5.74) is 1.12. The normalized spacial score (nSPS) is 11.0. The number of benzene rings is 1. The number of hydrogen-bond acceptors (Lipinski definition) is 6. The number of aromatic hydroxyl groups is 1. The molecule has 0 spiro atoms. The number of hydrogen-bond donors (Lipinski definition) is 1. The highest BCUT2D eigenvalue weighted by molar-refractivity contribution is 5.90. The summed E-state index contributed by atoms with van der Waals surface area (Å²) in [5.74, 6) is -0.522. The zero-order valence-corrected chi connectivity index (χ0v) is 16.4. The first kappa shape index (κ1) is 20.9. The molecule has 1 N–H and O–H groups in total. The number of rotatable bonds is 6. The number of aromatic nitrogens is 1. The van der Waals surface area contributed by atoms with E-state index in [9.17, 15) is 20.0 Å². The van der Waals surface area contributed by atoms with Crippen molar-refractivity contribution in [2.75, 3.05) is 6.61 Å². The molecule has 0 saturated heterocycles. The van der Waals surface area contributed by atoms with Crippen LogP contribution in [0.3, 0.4) is 0 Å². The maximum Gasteiger partial charge on any atom is 0.338 e. The molecule has 0 bridgehead atoms. The highest BCUT2D eigenvalue weighted by atomic mass is 16.5. The third kappa shape index (κ3) is 4.46. The Bertz CT molecular complexity index is 996. The van der Waals surface area contributed by atoms with E-state index in [2.05, 4.69) is 4.99 Å². The molecule has 1 aromatic heterocycles. The van der Waals surface area contributed by atoms with Gasteiger partial charge in [-0.15, -0.1) is 0 Å². The summed E-state index contributed by atoms with van der Waals surface area (Å²) in [5, 5.41) is 19.9. The van der Waals surface area contributed by atoms with E-state index in [0.717, 1.165) is 0 Å². The number of nitriles is 1. The summed E-state index contributed by atoms with van der Waals surface area (Å²) in [6.45, 7) is 7.75. The van der Waals surface area contributed by atoms with Gasteiger partial charge in [-0.05, 0) is 49.6 Å². The van der Waals surface area contributed by atoms with Crippen molar-refractivity contribution in [2.45, 2.75) is 34.2 Å². The molecule has 0 unspecified atom stereocenters. The molecular formula is C21H23N3O4. The maximum absolute atomic E-state index is 12.5. The number of carbonyl (C=O) groups excluding carboxylic acids is 1. The number of nitrogens with zero attached hydrogens (tertiary/aromatic N) is 3. The van der Waals surface area contributed by atoms with E-state index < -0.39 is 11.5 Å². The first-order valence-corrected chi connectivity index (χ1v) is 8.97. The summed E-state index contributed by atoms with van der Waals surface area (Å²) in [6, 6.07) is 8.39. The third-order valence-corrected chi connectivity index (χ3v) is 4.12. The van der Waals surface area contributed by atoms with Gasteiger partial charge in [-0.1, -0.05) is 13.8 Å². The minimum atomic E-state index is -0.512. The Kier molecular flexibility index (Phi) is 6.72. The van der Waals surface area contributed by atoms with E-state index >= 15 is 0 Å². The predicted molar refractivity (Wildman–Crippen MR) is 106 cm³/mol. The lowest BCUT2D eigenvalue weighted by Crippen LogP contribution is -2.27. The summed E-state index contributed by atoms with van der Waals surface area (Å²) in [4.78, 5) is 28.5. The largest absolute Gasteiger partial charge is 0.494 e. The van der Waals surface area contributed by atoms with Crippen molar-refractivity contribution in [3.63, 3.8) is 0 Å². The average molecular weight is 381 g/mol. The molecule has 2 rings (SSSR count). The van der Waals surface area contributed by atoms with Gasteiger partial charge < -0.3 is 9.84 Å². The van der Waals surface area contributed by atoms with Crippen molar-refractivity contribution in [1.29, 1.82) is 5.26 Å². The Morgan fingerprint density at radius 2 is 2.00 bits per heavy atom. The molecule has 1 aromatic carbocycles. The van der Waals surface area contributed by atoms with Crippen LogP contribution < -0.4 is 5.56 Å². The maximum atomic E-state index is 12.5. The molecule has 0 saturated carbocycles. The lowest BCUT2D eigenvalue weighted by Gasteiger charge is -2.15. The van der Waals surface area contributed by atoms with Crippen LogP contribution in [-0.2, 0) is 11.3 Å². The van der Waals surface area contributed by atoms with Gasteiger partial charge in [0, 0.05) is 12.8 Å². The van der Waals surface area contributed by atoms with Crippen LogP contribution in [0.25, 0.3) is 0 Å². The Labute approximate surface area is 163 Å². The molecule has 0 amide bonds. The Balaban J connectivity index is 2.44. The Hall–Kier alpha value is -3.40. The molecule has 0 aliphatic heterocycles. The fourth-order valence-corrected chi connectivity index (χ4v) is 2.70. The summed E-state index contributed by atoms with van der Waals surface area (Å²) in [7, 11) is 0. The fraction of sp³-hybridized carbons (Fsp3) is 0.333. The molecule has 7 nitrogen and oxygen atoms in total. The Morgan fingerprint density at radius 1 is 1.36 bits per heavy atom. The molecule has 0 atom stereocenters. The third-order valence-electron chi connectivity index (χ3n) is 4.12. The van der Waals surface area contributed by atoms with Crippen molar-refractivity contribution in [1.82, 2.24) is 4.57 Å². The molecule has 0 aliphatic carbocycles. The second kappa shape index (κ2) is 9.00. The number of pyridine rings is 1. The van der Waals surface area contributed by atoms with Gasteiger partial charge in [-0.3, -0.25) is 14.4 Å². The zero-order valence-electron chi connectivity index (χ0n) is 16.4. The van der Waals surface area contributed by atoms with Crippen LogP contribution in [-0.4, -0.2) is 28.5 Å². The van der Waals surface area contributed by atoms with Crippen molar-refractivity contribution in [3.8, 4) is 11.9 Å². The van der Waals surface area contributed by atoms with Crippen LogP contribution >= 0.6 is 0 Å². The molecule has 0 fully saturated rings. The molecule has 146 valence electrons. The van der Waals surface area contributed by atoms with Gasteiger partial charge in [-0.25, -0.2) is 4.79 Å². The monoisotopic (exact) mass is 381 g/mol. The van der Waals surface area contributed by atoms with Crippen LogP contribution in [0.1, 0.15) is 47.8 Å². The first-order valence-electron chi connectivity index (χ1n) is 8.97. The SMILES string of the molecule is CCOC(=O)c1ccc(N=Cc2c(C)c(C#N)c(=O)n(CC(C)C)c2O)cc1. The van der Waals surface area contributed by atoms with E-state index in [1.54, 1.807) is 38.1 Å². The molecule has 7 heteroatoms. The topological polar surface area (TPSA) is 105 Å². The zero-order chi connectivity index (χ0) is 20.8. The molecule has 2 aromatic rings. The summed E-state index contributed by atoms with van der Waals surface area (Å²) < 4.78 is 6.13. The van der Waals surface area contributed by atoms with Gasteiger partial charge in [0.05, 0.1) is 23.4 Å². The van der Waals surface area contributed by atoms with Crippen molar-refractivity contribution < 1.29 is 14.6 Å². The highest BCUT2D eigenvalue weighted by Gasteiger charge is 2.18. The minimum Gasteiger partial charge on any atom is -0.494 e. The van der Waals surface area contributed by atoms with E-state index in [-0.39, 0.29) is 23.9 Å². The van der Waals surface area contributed by atoms with Gasteiger partial charge in [-0.2, -0.15) is 5.26 Å². The molecule has 0 radical (unpaired) electrons. The molecule has 28 heavy (non-hydrogen) atoms. The predicted octanol–water partition coefficient (Wildman–Crippen LogP) is 3.32. The number of esters is 1. The number of aliphatic imine (C=N–C) groups is 1. The van der Waals surface area contributed by atoms with Crippen LogP contribution in [0.4, 0.5) is 5.69 Å². The second-order valence-electron chi connectivity index (χ2n) is 6.68. The average Bonchev–Trinajstić information content (AvgIpc) is 2.66. The first-order chi connectivity index (χ1) is 13.3. The molecular weight excluding hydrogens is 358 g/mol. The van der Waals surface area contributed by atoms with E-state index in [1.165, 1.54) is 10.8 Å². The smallest absolute Gasteiger partial charge is 0.338 e. The summed E-state index contributed by atoms with van der Waals surface area (Å²) >= 11 is 0. The lowest BCUT2D eigenvalue weighted by atomic mass is 10.1. The number of ether oxygens (including phenoxy) is 1. The van der Waals surface area contributed by atoms with Gasteiger partial charge in [0.25, 0.3) is 5.56 Å². The minimum absolute atomic E-state index is 0.0161. The van der Waals surface area contributed by atoms with Gasteiger partial charge in [0.1, 0.15) is 11.6 Å². The van der Waals surface area contributed by atoms with Gasteiger partial charge >= 0.3 is 5.97 Å². The summed E-state index contributed by atoms with van der Waals surface area (Å²) in [6.07, 6.45) is 1.42. The Morgan fingerprint density at radius 3 is 2.54 bits per heavy atom. The van der Waals surface area contributed by atoms with E-state index in [1.807, 2.05) is 19.9 Å². The van der Waals surface area contributed by atoms with E-state index in [0.29, 0.717) is 29.0 Å². The van der Waals surface area contributed by atoms with E-state index in [4.69, 9.17) is 4.74 Å². The van der Waals surface area contributed by atoms with Gasteiger partial charge in [0.15, 0.2) is 0 Å². The van der Waals surface area contributed by atoms with Crippen LogP contribution in [0.5, 0.6) is 5.88 Å². The molecule has 1 heterocycles. The number of carbonyl (C=O) groups is 1. The quantitative estimate of drug-likeness (QED) is 0.610. The lowest BCUT2D eigenvalue weighted by molar-refractivity contribution is 0.0526. The highest BCUT2D eigenvalue weighted by Crippen LogP contribution is 2.22. The van der Waals surface area contributed by atoms with Crippen molar-refractivity contribution in [2.24, 2.45) is 10.9 Å². The standard InChI is InChI=1S/C21H23N3O4/c1-5-28-21(27)15-6-8-16(9-7-15)23-11-18-14(4)17(10-22)19(25)24(20(18)26)12-13(2)3/h6-9,11,13,26H,5,12H2,1-4H3. The van der Waals surface area contributed by atoms with Crippen LogP contribution in [0, 0.1) is 24.2 Å². The van der Waals surface area contributed by atoms with Crippen LogP contribution in [0.2, 0.25) is 0 Å². The molecule has 0 aliphatic rings. The second-order valence-corrected chi connectivity index (χ2v) is 6.68. The van der Waals surface area contributed by atoms with Gasteiger partial charge in [0.2, 0.25) is 5.88 Å².